The van der Waals surface area contributed by atoms with E-state index in [1.807, 2.05) is 0 Å². The second kappa shape index (κ2) is 6.71. The number of nitrogens with one attached hydrogen (secondary N) is 1. The summed E-state index contributed by atoms with van der Waals surface area (Å²) in [7, 11) is 0. The molecule has 1 N–H and O–H groups in total. The Bertz CT molecular complexity index is 331. The number of nitrogens with zero attached hydrogens (tertiary/aromatic N) is 1. The van der Waals surface area contributed by atoms with Crippen LogP contribution in [0.5, 0.6) is 0 Å². The van der Waals surface area contributed by atoms with Crippen molar-refractivity contribution in [1.82, 2.24) is 10.2 Å². The van der Waals surface area contributed by atoms with Crippen molar-refractivity contribution in [2.45, 2.75) is 25.8 Å². The van der Waals surface area contributed by atoms with E-state index in [-0.39, 0.29) is 0 Å². The van der Waals surface area contributed by atoms with Gasteiger partial charge in [0.05, 0.1) is 0 Å². The molecule has 1 atom stereocenters. The first-order valence-corrected chi connectivity index (χ1v) is 7.59. The predicted molar refractivity (Wildman–Crippen MR) is 81.3 cm³/mol. The van der Waals surface area contributed by atoms with Gasteiger partial charge in [-0.05, 0) is 46.7 Å². The minimum atomic E-state index is 0.610. The summed E-state index contributed by atoms with van der Waals surface area (Å²) >= 11 is 2.37. The molecule has 94 valence electrons. The van der Waals surface area contributed by atoms with Gasteiger partial charge in [0, 0.05) is 35.8 Å². The van der Waals surface area contributed by atoms with E-state index in [0.717, 1.165) is 13.1 Å². The number of hydrogen-bond donors (Lipinski definition) is 1. The Hall–Kier alpha value is -0.130. The Balaban J connectivity index is 2.12. The van der Waals surface area contributed by atoms with Crippen molar-refractivity contribution >= 4 is 22.6 Å². The summed E-state index contributed by atoms with van der Waals surface area (Å²) in [6.07, 6.45) is 2.52. The molecular formula is C14H21IN2. The van der Waals surface area contributed by atoms with Gasteiger partial charge in [-0.15, -0.1) is 0 Å². The molecule has 1 fully saturated rings. The van der Waals surface area contributed by atoms with Gasteiger partial charge in [-0.1, -0.05) is 25.5 Å². The van der Waals surface area contributed by atoms with E-state index < -0.39 is 0 Å². The fraction of sp³-hybridized carbons (Fsp3) is 0.571. The second-order valence-electron chi connectivity index (χ2n) is 4.64. The van der Waals surface area contributed by atoms with E-state index >= 15 is 0 Å². The van der Waals surface area contributed by atoms with Crippen LogP contribution in [0.2, 0.25) is 0 Å². The largest absolute Gasteiger partial charge is 0.314 e. The van der Waals surface area contributed by atoms with Crippen molar-refractivity contribution in [3.8, 4) is 0 Å². The van der Waals surface area contributed by atoms with E-state index in [2.05, 4.69) is 64.0 Å². The Morgan fingerprint density at radius 1 is 1.24 bits per heavy atom. The summed E-state index contributed by atoms with van der Waals surface area (Å²) in [5.74, 6) is 0. The molecule has 0 aromatic heterocycles. The van der Waals surface area contributed by atoms with Crippen molar-refractivity contribution < 1.29 is 0 Å². The van der Waals surface area contributed by atoms with Crippen molar-refractivity contribution in [2.24, 2.45) is 0 Å². The molecule has 1 saturated heterocycles. The van der Waals surface area contributed by atoms with Gasteiger partial charge in [0.15, 0.2) is 0 Å². The van der Waals surface area contributed by atoms with Gasteiger partial charge in [-0.2, -0.15) is 0 Å². The lowest BCUT2D eigenvalue weighted by Gasteiger charge is -2.35. The topological polar surface area (TPSA) is 15.3 Å². The number of benzene rings is 1. The van der Waals surface area contributed by atoms with Crippen molar-refractivity contribution in [1.29, 1.82) is 0 Å². The van der Waals surface area contributed by atoms with Crippen LogP contribution in [0.25, 0.3) is 0 Å². The third kappa shape index (κ3) is 3.66. The van der Waals surface area contributed by atoms with Crippen molar-refractivity contribution in [3.63, 3.8) is 0 Å². The molecule has 0 unspecified atom stereocenters. The summed E-state index contributed by atoms with van der Waals surface area (Å²) in [5.41, 5.74) is 1.48. The average molecular weight is 344 g/mol. The lowest BCUT2D eigenvalue weighted by molar-refractivity contribution is 0.164. The molecule has 3 heteroatoms. The predicted octanol–water partition coefficient (Wildman–Crippen LogP) is 3.04. The summed E-state index contributed by atoms with van der Waals surface area (Å²) < 4.78 is 1.32. The van der Waals surface area contributed by atoms with Gasteiger partial charge in [-0.3, -0.25) is 4.90 Å². The van der Waals surface area contributed by atoms with Crippen LogP contribution in [-0.2, 0) is 0 Å². The molecule has 0 bridgehead atoms. The Labute approximate surface area is 118 Å². The van der Waals surface area contributed by atoms with Crippen LogP contribution in [0.4, 0.5) is 0 Å². The van der Waals surface area contributed by atoms with E-state index in [1.165, 1.54) is 35.1 Å². The molecule has 0 spiro atoms. The molecule has 0 saturated carbocycles. The Morgan fingerprint density at radius 2 is 1.88 bits per heavy atom. The first-order chi connectivity index (χ1) is 8.31. The van der Waals surface area contributed by atoms with Crippen LogP contribution in [0, 0.1) is 3.57 Å². The van der Waals surface area contributed by atoms with E-state index in [0.29, 0.717) is 6.04 Å². The molecule has 2 rings (SSSR count). The molecule has 1 aliphatic heterocycles. The zero-order valence-electron chi connectivity index (χ0n) is 10.5. The highest BCUT2D eigenvalue weighted by Gasteiger charge is 2.20. The highest BCUT2D eigenvalue weighted by atomic mass is 127. The first-order valence-electron chi connectivity index (χ1n) is 6.51. The first kappa shape index (κ1) is 13.3. The van der Waals surface area contributed by atoms with Gasteiger partial charge in [0.1, 0.15) is 0 Å². The quantitative estimate of drug-likeness (QED) is 0.845. The number of hydrogen-bond acceptors (Lipinski definition) is 2. The molecule has 2 nitrogen and oxygen atoms in total. The lowest BCUT2D eigenvalue weighted by Crippen LogP contribution is -2.45. The zero-order valence-corrected chi connectivity index (χ0v) is 12.6. The molecule has 1 aromatic carbocycles. The molecule has 0 aliphatic carbocycles. The minimum absolute atomic E-state index is 0.610. The summed E-state index contributed by atoms with van der Waals surface area (Å²) in [6.45, 7) is 6.89. The van der Waals surface area contributed by atoms with E-state index in [1.54, 1.807) is 0 Å². The van der Waals surface area contributed by atoms with Gasteiger partial charge in [-0.25, -0.2) is 0 Å². The van der Waals surface area contributed by atoms with E-state index in [4.69, 9.17) is 0 Å². The van der Waals surface area contributed by atoms with Crippen LogP contribution < -0.4 is 5.32 Å². The normalized spacial score (nSPS) is 19.2. The fourth-order valence-electron chi connectivity index (χ4n) is 2.51. The molecule has 1 aromatic rings. The van der Waals surface area contributed by atoms with Crippen molar-refractivity contribution in [3.05, 3.63) is 33.4 Å². The number of halogens is 1. The van der Waals surface area contributed by atoms with E-state index in [9.17, 15) is 0 Å². The van der Waals surface area contributed by atoms with Crippen LogP contribution >= 0.6 is 22.6 Å². The highest BCUT2D eigenvalue weighted by molar-refractivity contribution is 14.1. The van der Waals surface area contributed by atoms with Gasteiger partial charge < -0.3 is 5.32 Å². The van der Waals surface area contributed by atoms with Crippen LogP contribution in [0.3, 0.4) is 0 Å². The maximum Gasteiger partial charge on any atom is 0.0349 e. The number of rotatable bonds is 4. The average Bonchev–Trinajstić information content (AvgIpc) is 2.38. The van der Waals surface area contributed by atoms with Crippen LogP contribution in [-0.4, -0.2) is 31.1 Å². The maximum absolute atomic E-state index is 3.43. The standard InChI is InChI=1S/C14H21IN2/c1-2-3-14(17-10-8-16-9-11-17)12-4-6-13(15)7-5-12/h4-7,14,16H,2-3,8-11H2,1H3/t14-/m1/s1. The van der Waals surface area contributed by atoms with Crippen LogP contribution in [0.1, 0.15) is 31.4 Å². The van der Waals surface area contributed by atoms with Gasteiger partial charge in [0.2, 0.25) is 0 Å². The lowest BCUT2D eigenvalue weighted by atomic mass is 10.00. The molecule has 0 amide bonds. The summed E-state index contributed by atoms with van der Waals surface area (Å²) in [4.78, 5) is 2.63. The smallest absolute Gasteiger partial charge is 0.0349 e. The highest BCUT2D eigenvalue weighted by Crippen LogP contribution is 2.26. The fourth-order valence-corrected chi connectivity index (χ4v) is 2.87. The zero-order chi connectivity index (χ0) is 12.1. The second-order valence-corrected chi connectivity index (χ2v) is 5.89. The Kier molecular flexibility index (Phi) is 5.25. The molecule has 17 heavy (non-hydrogen) atoms. The summed E-state index contributed by atoms with van der Waals surface area (Å²) in [5, 5.41) is 3.43. The third-order valence-corrected chi connectivity index (χ3v) is 4.13. The van der Waals surface area contributed by atoms with Crippen LogP contribution in [0.15, 0.2) is 24.3 Å². The SMILES string of the molecule is CCC[C@H](c1ccc(I)cc1)N1CCNCC1. The molecule has 1 aliphatic rings. The third-order valence-electron chi connectivity index (χ3n) is 3.41. The monoisotopic (exact) mass is 344 g/mol. The van der Waals surface area contributed by atoms with Gasteiger partial charge >= 0.3 is 0 Å². The molecule has 1 heterocycles. The van der Waals surface area contributed by atoms with Crippen molar-refractivity contribution in [2.75, 3.05) is 26.2 Å². The molecule has 0 radical (unpaired) electrons. The van der Waals surface area contributed by atoms with Gasteiger partial charge in [0.25, 0.3) is 0 Å². The summed E-state index contributed by atoms with van der Waals surface area (Å²) in [6, 6.07) is 9.65. The minimum Gasteiger partial charge on any atom is -0.314 e. The Morgan fingerprint density at radius 3 is 2.47 bits per heavy atom. The maximum atomic E-state index is 3.43. The number of piperazine rings is 1. The molecular weight excluding hydrogens is 323 g/mol.